The van der Waals surface area contributed by atoms with Crippen molar-refractivity contribution < 1.29 is 9.13 Å². The molecule has 0 spiro atoms. The first-order valence-electron chi connectivity index (χ1n) is 5.80. The van der Waals surface area contributed by atoms with Crippen LogP contribution >= 0.6 is 12.4 Å². The quantitative estimate of drug-likeness (QED) is 0.901. The predicted molar refractivity (Wildman–Crippen MR) is 69.0 cm³/mol. The third-order valence-corrected chi connectivity index (χ3v) is 3.26. The second-order valence-corrected chi connectivity index (χ2v) is 4.30. The Hall–Kier alpha value is -0.640. The number of piperidine rings is 1. The van der Waals surface area contributed by atoms with Gasteiger partial charge in [0, 0.05) is 7.11 Å². The van der Waals surface area contributed by atoms with Gasteiger partial charge in [-0.2, -0.15) is 0 Å². The molecule has 1 unspecified atom stereocenters. The Morgan fingerprint density at radius 2 is 1.82 bits per heavy atom. The van der Waals surface area contributed by atoms with Gasteiger partial charge in [-0.15, -0.1) is 12.4 Å². The van der Waals surface area contributed by atoms with Crippen molar-refractivity contribution in [2.75, 3.05) is 20.2 Å². The Kier molecular flexibility index (Phi) is 5.89. The van der Waals surface area contributed by atoms with Crippen molar-refractivity contribution in [1.29, 1.82) is 0 Å². The maximum atomic E-state index is 12.8. The highest BCUT2D eigenvalue weighted by atomic mass is 35.5. The average Bonchev–Trinajstić information content (AvgIpc) is 2.34. The fourth-order valence-electron chi connectivity index (χ4n) is 2.40. The van der Waals surface area contributed by atoms with Crippen LogP contribution in [0.5, 0.6) is 0 Å². The predicted octanol–water partition coefficient (Wildman–Crippen LogP) is 2.93. The summed E-state index contributed by atoms with van der Waals surface area (Å²) < 4.78 is 18.4. The number of ether oxygens (including phenoxy) is 1. The zero-order valence-electron chi connectivity index (χ0n) is 9.99. The van der Waals surface area contributed by atoms with E-state index in [0.29, 0.717) is 5.92 Å². The van der Waals surface area contributed by atoms with E-state index in [0.717, 1.165) is 31.5 Å². The van der Waals surface area contributed by atoms with Crippen LogP contribution in [0.4, 0.5) is 4.39 Å². The molecule has 0 bridgehead atoms. The van der Waals surface area contributed by atoms with Gasteiger partial charge in [-0.05, 0) is 49.5 Å². The molecule has 0 amide bonds. The first-order valence-corrected chi connectivity index (χ1v) is 5.80. The maximum absolute atomic E-state index is 12.8. The molecule has 0 radical (unpaired) electrons. The monoisotopic (exact) mass is 259 g/mol. The molecule has 96 valence electrons. The van der Waals surface area contributed by atoms with Gasteiger partial charge in [0.2, 0.25) is 0 Å². The molecule has 1 N–H and O–H groups in total. The number of halogens is 2. The van der Waals surface area contributed by atoms with E-state index in [2.05, 4.69) is 5.32 Å². The zero-order valence-corrected chi connectivity index (χ0v) is 10.8. The number of rotatable bonds is 3. The van der Waals surface area contributed by atoms with Crippen LogP contribution in [0.25, 0.3) is 0 Å². The highest BCUT2D eigenvalue weighted by Crippen LogP contribution is 2.31. The molecule has 0 aliphatic carbocycles. The molecule has 1 fully saturated rings. The molecule has 1 atom stereocenters. The van der Waals surface area contributed by atoms with E-state index in [9.17, 15) is 4.39 Å². The van der Waals surface area contributed by atoms with Gasteiger partial charge in [0.1, 0.15) is 5.82 Å². The van der Waals surface area contributed by atoms with Crippen LogP contribution < -0.4 is 5.32 Å². The van der Waals surface area contributed by atoms with Crippen molar-refractivity contribution in [3.05, 3.63) is 35.6 Å². The lowest BCUT2D eigenvalue weighted by molar-refractivity contribution is 0.0382. The summed E-state index contributed by atoms with van der Waals surface area (Å²) in [6, 6.07) is 6.65. The number of hydrogen-bond acceptors (Lipinski definition) is 2. The summed E-state index contributed by atoms with van der Waals surface area (Å²) in [4.78, 5) is 0. The second-order valence-electron chi connectivity index (χ2n) is 4.30. The summed E-state index contributed by atoms with van der Waals surface area (Å²) in [5.41, 5.74) is 1.08. The molecule has 1 saturated heterocycles. The number of methoxy groups -OCH3 is 1. The lowest BCUT2D eigenvalue weighted by atomic mass is 9.88. The van der Waals surface area contributed by atoms with Gasteiger partial charge >= 0.3 is 0 Å². The minimum absolute atomic E-state index is 0. The van der Waals surface area contributed by atoms with Gasteiger partial charge in [0.25, 0.3) is 0 Å². The van der Waals surface area contributed by atoms with E-state index in [1.165, 1.54) is 12.1 Å². The summed E-state index contributed by atoms with van der Waals surface area (Å²) >= 11 is 0. The average molecular weight is 260 g/mol. The topological polar surface area (TPSA) is 21.3 Å². The minimum Gasteiger partial charge on any atom is -0.376 e. The molecule has 2 rings (SSSR count). The molecule has 1 aliphatic heterocycles. The van der Waals surface area contributed by atoms with Gasteiger partial charge < -0.3 is 10.1 Å². The van der Waals surface area contributed by atoms with Crippen LogP contribution in [0.15, 0.2) is 24.3 Å². The molecule has 1 heterocycles. The molecule has 0 aromatic heterocycles. The molecular weight excluding hydrogens is 241 g/mol. The fraction of sp³-hybridized carbons (Fsp3) is 0.538. The highest BCUT2D eigenvalue weighted by molar-refractivity contribution is 5.85. The van der Waals surface area contributed by atoms with Crippen LogP contribution in [-0.4, -0.2) is 20.2 Å². The Balaban J connectivity index is 0.00000144. The van der Waals surface area contributed by atoms with Gasteiger partial charge in [0.05, 0.1) is 6.10 Å². The fourth-order valence-corrected chi connectivity index (χ4v) is 2.40. The van der Waals surface area contributed by atoms with Crippen molar-refractivity contribution in [2.24, 2.45) is 5.92 Å². The van der Waals surface area contributed by atoms with Crippen LogP contribution in [-0.2, 0) is 4.74 Å². The Morgan fingerprint density at radius 3 is 2.35 bits per heavy atom. The highest BCUT2D eigenvalue weighted by Gasteiger charge is 2.24. The zero-order chi connectivity index (χ0) is 11.4. The molecule has 4 heteroatoms. The van der Waals surface area contributed by atoms with Crippen molar-refractivity contribution in [3.8, 4) is 0 Å². The summed E-state index contributed by atoms with van der Waals surface area (Å²) in [5.74, 6) is 0.348. The SMILES string of the molecule is COC(c1ccc(F)cc1)C1CCNCC1.Cl. The van der Waals surface area contributed by atoms with Gasteiger partial charge in [0.15, 0.2) is 0 Å². The molecule has 1 aliphatic rings. The van der Waals surface area contributed by atoms with Gasteiger partial charge in [-0.3, -0.25) is 0 Å². The maximum Gasteiger partial charge on any atom is 0.123 e. The Morgan fingerprint density at radius 1 is 1.24 bits per heavy atom. The van der Waals surface area contributed by atoms with E-state index < -0.39 is 0 Å². The number of benzene rings is 1. The van der Waals surface area contributed by atoms with Gasteiger partial charge in [-0.25, -0.2) is 4.39 Å². The van der Waals surface area contributed by atoms with E-state index in [-0.39, 0.29) is 24.3 Å². The van der Waals surface area contributed by atoms with Crippen LogP contribution in [0, 0.1) is 11.7 Å². The molecule has 1 aromatic rings. The summed E-state index contributed by atoms with van der Waals surface area (Å²) in [6.07, 6.45) is 2.34. The largest absolute Gasteiger partial charge is 0.376 e. The van der Waals surface area contributed by atoms with E-state index in [1.807, 2.05) is 12.1 Å². The van der Waals surface area contributed by atoms with E-state index in [1.54, 1.807) is 7.11 Å². The first-order chi connectivity index (χ1) is 7.81. The minimum atomic E-state index is -0.191. The van der Waals surface area contributed by atoms with E-state index >= 15 is 0 Å². The molecule has 0 saturated carbocycles. The Labute approximate surface area is 108 Å². The summed E-state index contributed by atoms with van der Waals surface area (Å²) in [6.45, 7) is 2.09. The number of nitrogens with one attached hydrogen (secondary N) is 1. The number of hydrogen-bond donors (Lipinski definition) is 1. The lowest BCUT2D eigenvalue weighted by Crippen LogP contribution is -2.31. The first kappa shape index (κ1) is 14.4. The van der Waals surface area contributed by atoms with Crippen LogP contribution in [0.2, 0.25) is 0 Å². The normalized spacial score (nSPS) is 18.5. The lowest BCUT2D eigenvalue weighted by Gasteiger charge is -2.30. The molecule has 1 aromatic carbocycles. The third kappa shape index (κ3) is 3.66. The third-order valence-electron chi connectivity index (χ3n) is 3.26. The van der Waals surface area contributed by atoms with Crippen molar-refractivity contribution in [3.63, 3.8) is 0 Å². The van der Waals surface area contributed by atoms with Crippen LogP contribution in [0.1, 0.15) is 24.5 Å². The van der Waals surface area contributed by atoms with Crippen molar-refractivity contribution >= 4 is 12.4 Å². The van der Waals surface area contributed by atoms with Crippen LogP contribution in [0.3, 0.4) is 0 Å². The van der Waals surface area contributed by atoms with E-state index in [4.69, 9.17) is 4.74 Å². The standard InChI is InChI=1S/C13H18FNO.ClH/c1-16-13(11-6-8-15-9-7-11)10-2-4-12(14)5-3-10;/h2-5,11,13,15H,6-9H2,1H3;1H. The molecular formula is C13H19ClFNO. The van der Waals surface area contributed by atoms with Gasteiger partial charge in [-0.1, -0.05) is 12.1 Å². The molecule has 17 heavy (non-hydrogen) atoms. The summed E-state index contributed by atoms with van der Waals surface area (Å²) in [5, 5.41) is 3.34. The smallest absolute Gasteiger partial charge is 0.123 e. The van der Waals surface area contributed by atoms with Crippen molar-refractivity contribution in [2.45, 2.75) is 18.9 Å². The Bertz CT molecular complexity index is 325. The van der Waals surface area contributed by atoms with Crippen molar-refractivity contribution in [1.82, 2.24) is 5.32 Å². The second kappa shape index (κ2) is 6.94. The molecule has 2 nitrogen and oxygen atoms in total. The summed E-state index contributed by atoms with van der Waals surface area (Å²) in [7, 11) is 1.73.